The highest BCUT2D eigenvalue weighted by Gasteiger charge is 2.33. The lowest BCUT2D eigenvalue weighted by Crippen LogP contribution is -2.69. The number of benzene rings is 1. The van der Waals surface area contributed by atoms with Gasteiger partial charge in [-0.2, -0.15) is 0 Å². The number of carbonyl (C=O) groups excluding carboxylic acids is 7. The third kappa shape index (κ3) is 16.0. The quantitative estimate of drug-likeness (QED) is 0.0562. The van der Waals surface area contributed by atoms with Crippen molar-refractivity contribution < 1.29 is 54.3 Å². The molecule has 0 unspecified atom stereocenters. The largest absolute Gasteiger partial charge is 0.480 e. The molecule has 1 rings (SSSR count). The van der Waals surface area contributed by atoms with E-state index in [0.29, 0.717) is 12.0 Å². The van der Waals surface area contributed by atoms with Gasteiger partial charge in [-0.05, 0) is 30.7 Å². The van der Waals surface area contributed by atoms with Crippen LogP contribution < -0.4 is 43.4 Å². The molecule has 0 spiro atoms. The van der Waals surface area contributed by atoms with Crippen LogP contribution in [0.5, 0.6) is 0 Å². The highest BCUT2D eigenvalue weighted by molar-refractivity contribution is 5.96. The van der Waals surface area contributed by atoms with E-state index in [9.17, 15) is 48.6 Å². The molecular formula is C33H53N8O10+. The molecule has 51 heavy (non-hydrogen) atoms. The van der Waals surface area contributed by atoms with E-state index in [1.54, 1.807) is 58.0 Å². The van der Waals surface area contributed by atoms with Gasteiger partial charge in [-0.15, -0.1) is 0 Å². The second-order valence-electron chi connectivity index (χ2n) is 12.8. The first-order valence-corrected chi connectivity index (χ1v) is 16.7. The Kier molecular flexibility index (Phi) is 18.8. The molecule has 1 aromatic rings. The number of hydrogen-bond acceptors (Lipinski definition) is 9. The van der Waals surface area contributed by atoms with Crippen molar-refractivity contribution >= 4 is 47.3 Å². The summed E-state index contributed by atoms with van der Waals surface area (Å²) in [7, 11) is 0. The number of carboxylic acid groups (broad SMARTS) is 1. The molecule has 0 aliphatic carbocycles. The monoisotopic (exact) mass is 721 g/mol. The van der Waals surface area contributed by atoms with Crippen LogP contribution in [0.4, 0.5) is 0 Å². The molecular weight excluding hydrogens is 668 g/mol. The zero-order chi connectivity index (χ0) is 38.8. The maximum absolute atomic E-state index is 13.4. The summed E-state index contributed by atoms with van der Waals surface area (Å²) in [6.45, 7) is 6.99. The summed E-state index contributed by atoms with van der Waals surface area (Å²) < 4.78 is 0. The predicted octanol–water partition coefficient (Wildman–Crippen LogP) is -3.56. The molecule has 0 heterocycles. The standard InChI is InChI=1S/C33H52N8O10/c1-6-18(4)27(32(49)39-22(12-17(2)3)31(48)40-24(16-42)33(50)51)41-28(45)19(5)37-26(44)15-36-30(47)23(13-20-10-8-7-9-11-20)38-29(46)21(34)14-25(35)43/h7-11,17-19,21-24,27,42H,6,12-16,34H2,1-5H3,(H2,35,43)(H,36,47)(H,37,44)(H,38,46)(H,39,49)(H,40,48)(H,41,45)(H,50,51)/p+1/t18-,19-,21-,22-,23-,24-,27-/m0/s1. The van der Waals surface area contributed by atoms with Crippen molar-refractivity contribution in [2.24, 2.45) is 17.6 Å². The molecule has 0 radical (unpaired) electrons. The van der Waals surface area contributed by atoms with Gasteiger partial charge in [0.25, 0.3) is 5.91 Å². The van der Waals surface area contributed by atoms with Crippen LogP contribution in [0.15, 0.2) is 30.3 Å². The smallest absolute Gasteiger partial charge is 0.328 e. The van der Waals surface area contributed by atoms with Crippen molar-refractivity contribution in [1.29, 1.82) is 0 Å². The van der Waals surface area contributed by atoms with Gasteiger partial charge in [-0.3, -0.25) is 33.6 Å². The molecule has 284 valence electrons. The molecule has 0 bridgehead atoms. The summed E-state index contributed by atoms with van der Waals surface area (Å²) in [5.41, 5.74) is 9.46. The van der Waals surface area contributed by atoms with Crippen molar-refractivity contribution in [2.45, 2.75) is 96.6 Å². The lowest BCUT2D eigenvalue weighted by molar-refractivity contribution is -0.402. The van der Waals surface area contributed by atoms with Gasteiger partial charge >= 0.3 is 5.97 Å². The second kappa shape index (κ2) is 21.9. The first-order chi connectivity index (χ1) is 23.9. The van der Waals surface area contributed by atoms with E-state index in [2.05, 4.69) is 37.6 Å². The number of carbonyl (C=O) groups is 8. The third-order valence-electron chi connectivity index (χ3n) is 7.86. The fraction of sp³-hybridized carbons (Fsp3) is 0.576. The average molecular weight is 722 g/mol. The number of aliphatic carboxylic acids is 1. The number of quaternary nitrogens is 1. The number of nitrogens with one attached hydrogen (secondary N) is 6. The van der Waals surface area contributed by atoms with Crippen molar-refractivity contribution in [3.63, 3.8) is 0 Å². The van der Waals surface area contributed by atoms with E-state index < -0.39 is 103 Å². The van der Waals surface area contributed by atoms with E-state index in [4.69, 9.17) is 5.73 Å². The summed E-state index contributed by atoms with van der Waals surface area (Å²) in [5, 5.41) is 33.3. The first-order valence-electron chi connectivity index (χ1n) is 16.7. The Morgan fingerprint density at radius 3 is 1.88 bits per heavy atom. The Labute approximate surface area is 296 Å². The number of hydrogen-bond donors (Lipinski definition) is 10. The maximum Gasteiger partial charge on any atom is 0.328 e. The highest BCUT2D eigenvalue weighted by atomic mass is 16.4. The zero-order valence-electron chi connectivity index (χ0n) is 29.7. The number of amides is 7. The Balaban J connectivity index is 2.94. The summed E-state index contributed by atoms with van der Waals surface area (Å²) in [6.07, 6.45) is 0.297. The van der Waals surface area contributed by atoms with Gasteiger partial charge in [0.15, 0.2) is 6.04 Å². The van der Waals surface area contributed by atoms with E-state index in [-0.39, 0.29) is 25.2 Å². The minimum atomic E-state index is -1.58. The number of aliphatic hydroxyl groups is 1. The lowest BCUT2D eigenvalue weighted by atomic mass is 9.96. The lowest BCUT2D eigenvalue weighted by Gasteiger charge is -2.28. The van der Waals surface area contributed by atoms with Crippen molar-refractivity contribution in [2.75, 3.05) is 13.2 Å². The van der Waals surface area contributed by atoms with Gasteiger partial charge in [-0.1, -0.05) is 64.4 Å². The van der Waals surface area contributed by atoms with Crippen LogP contribution in [0, 0.1) is 11.8 Å². The van der Waals surface area contributed by atoms with E-state index in [1.807, 2.05) is 0 Å². The van der Waals surface area contributed by atoms with Crippen molar-refractivity contribution in [3.05, 3.63) is 35.9 Å². The number of carboxylic acids is 1. The molecule has 0 aliphatic heterocycles. The van der Waals surface area contributed by atoms with Crippen LogP contribution >= 0.6 is 0 Å². The summed E-state index contributed by atoms with van der Waals surface area (Å²) in [4.78, 5) is 100. The summed E-state index contributed by atoms with van der Waals surface area (Å²) in [5.74, 6) is -7.16. The molecule has 0 aliphatic rings. The van der Waals surface area contributed by atoms with Crippen LogP contribution in [0.3, 0.4) is 0 Å². The van der Waals surface area contributed by atoms with Crippen LogP contribution in [-0.2, 0) is 44.8 Å². The van der Waals surface area contributed by atoms with Crippen molar-refractivity contribution in [3.8, 4) is 0 Å². The van der Waals surface area contributed by atoms with Crippen LogP contribution in [0.2, 0.25) is 0 Å². The van der Waals surface area contributed by atoms with Gasteiger partial charge in [0, 0.05) is 6.42 Å². The molecule has 0 saturated carbocycles. The molecule has 7 amide bonds. The van der Waals surface area contributed by atoms with Gasteiger partial charge in [0.05, 0.1) is 19.6 Å². The number of nitrogens with two attached hydrogens (primary N) is 1. The normalized spacial score (nSPS) is 15.1. The second-order valence-corrected chi connectivity index (χ2v) is 12.8. The van der Waals surface area contributed by atoms with Crippen LogP contribution in [0.1, 0.15) is 59.4 Å². The molecule has 18 nitrogen and oxygen atoms in total. The molecule has 1 aromatic carbocycles. The van der Waals surface area contributed by atoms with E-state index >= 15 is 0 Å². The molecule has 0 fully saturated rings. The summed E-state index contributed by atoms with van der Waals surface area (Å²) >= 11 is 0. The number of rotatable bonds is 22. The fourth-order valence-electron chi connectivity index (χ4n) is 4.74. The average Bonchev–Trinajstić information content (AvgIpc) is 3.06. The Bertz CT molecular complexity index is 1380. The maximum atomic E-state index is 13.4. The van der Waals surface area contributed by atoms with Crippen LogP contribution in [0.25, 0.3) is 0 Å². The molecule has 0 aromatic heterocycles. The van der Waals surface area contributed by atoms with Gasteiger partial charge in [0.2, 0.25) is 35.4 Å². The van der Waals surface area contributed by atoms with E-state index in [0.717, 1.165) is 0 Å². The Morgan fingerprint density at radius 1 is 0.765 bits per heavy atom. The van der Waals surface area contributed by atoms with Crippen LogP contribution in [-0.4, -0.2) is 107 Å². The minimum absolute atomic E-state index is 0.0580. The number of primary amides is 1. The SMILES string of the molecule is CC[C@H](C)[C@H](NC(=O)[C@H](C)NC(=O)CNC(=O)[C@H](Cc1ccccc1)NC(=O)[C@@H]([NH3+])CC(N)=O)C(=O)N[C@@H](CC(C)C)C(=O)N[C@@H](CO)C(=O)O. The first kappa shape index (κ1) is 43.9. The zero-order valence-corrected chi connectivity index (χ0v) is 29.7. The fourth-order valence-corrected chi connectivity index (χ4v) is 4.74. The van der Waals surface area contributed by atoms with Gasteiger partial charge in [0.1, 0.15) is 30.2 Å². The molecule has 0 saturated heterocycles. The van der Waals surface area contributed by atoms with Crippen molar-refractivity contribution in [1.82, 2.24) is 31.9 Å². The third-order valence-corrected chi connectivity index (χ3v) is 7.86. The predicted molar refractivity (Wildman–Crippen MR) is 183 cm³/mol. The molecule has 18 heteroatoms. The Morgan fingerprint density at radius 2 is 1.35 bits per heavy atom. The van der Waals surface area contributed by atoms with Gasteiger partial charge < -0.3 is 53.6 Å². The molecule has 13 N–H and O–H groups in total. The summed E-state index contributed by atoms with van der Waals surface area (Å²) in [6, 6.07) is 1.48. The Hall–Kier alpha value is -5.10. The van der Waals surface area contributed by atoms with E-state index in [1.165, 1.54) is 6.92 Å². The number of aliphatic hydroxyl groups excluding tert-OH is 1. The highest BCUT2D eigenvalue weighted by Crippen LogP contribution is 2.12. The topological polar surface area (TPSA) is 303 Å². The molecule has 7 atom stereocenters. The van der Waals surface area contributed by atoms with Gasteiger partial charge in [-0.25, -0.2) is 4.79 Å². The minimum Gasteiger partial charge on any atom is -0.480 e.